The van der Waals surface area contributed by atoms with Gasteiger partial charge in [-0.2, -0.15) is 5.10 Å². The average Bonchev–Trinajstić information content (AvgIpc) is 2.97. The third-order valence-corrected chi connectivity index (χ3v) is 5.28. The number of para-hydroxylation sites is 1. The minimum atomic E-state index is -0.0718. The highest BCUT2D eigenvalue weighted by Crippen LogP contribution is 2.19. The van der Waals surface area contributed by atoms with E-state index in [1.54, 1.807) is 0 Å². The Labute approximate surface area is 177 Å². The van der Waals surface area contributed by atoms with Gasteiger partial charge in [0.15, 0.2) is 0 Å². The van der Waals surface area contributed by atoms with Crippen molar-refractivity contribution in [2.24, 2.45) is 0 Å². The van der Waals surface area contributed by atoms with Crippen LogP contribution in [0.1, 0.15) is 35.5 Å². The number of carbonyl (C=O) groups is 1. The first-order valence-corrected chi connectivity index (χ1v) is 10.1. The van der Waals surface area contributed by atoms with Crippen molar-refractivity contribution in [3.63, 3.8) is 0 Å². The molecule has 3 aromatic rings. The van der Waals surface area contributed by atoms with Crippen molar-refractivity contribution in [2.45, 2.75) is 33.4 Å². The molecule has 2 aromatic carbocycles. The van der Waals surface area contributed by atoms with Gasteiger partial charge < -0.3 is 5.32 Å². The van der Waals surface area contributed by atoms with Crippen molar-refractivity contribution < 1.29 is 4.79 Å². The van der Waals surface area contributed by atoms with Crippen molar-refractivity contribution in [3.05, 3.63) is 82.1 Å². The average molecular weight is 411 g/mol. The van der Waals surface area contributed by atoms with E-state index in [-0.39, 0.29) is 11.9 Å². The highest BCUT2D eigenvalue weighted by molar-refractivity contribution is 6.30. The second-order valence-corrected chi connectivity index (χ2v) is 7.85. The predicted octanol–water partition coefficient (Wildman–Crippen LogP) is 4.45. The molecule has 1 N–H and O–H groups in total. The maximum atomic E-state index is 12.5. The summed E-state index contributed by atoms with van der Waals surface area (Å²) in [6, 6.07) is 17.5. The number of hydrogen-bond acceptors (Lipinski definition) is 3. The minimum Gasteiger partial charge on any atom is -0.348 e. The van der Waals surface area contributed by atoms with E-state index in [4.69, 9.17) is 11.6 Å². The molecular formula is C23H27ClN4O. The highest BCUT2D eigenvalue weighted by Gasteiger charge is 2.17. The predicted molar refractivity (Wildman–Crippen MR) is 117 cm³/mol. The van der Waals surface area contributed by atoms with E-state index in [2.05, 4.69) is 17.3 Å². The number of hydrogen-bond donors (Lipinski definition) is 1. The summed E-state index contributed by atoms with van der Waals surface area (Å²) in [5, 5.41) is 8.42. The molecule has 0 aliphatic heterocycles. The summed E-state index contributed by atoms with van der Waals surface area (Å²) in [5.74, 6) is -0.0132. The minimum absolute atomic E-state index is 0.0132. The van der Waals surface area contributed by atoms with Gasteiger partial charge in [0.2, 0.25) is 5.91 Å². The number of aryl methyl sites for hydroxylation is 1. The van der Waals surface area contributed by atoms with Gasteiger partial charge in [-0.1, -0.05) is 41.9 Å². The summed E-state index contributed by atoms with van der Waals surface area (Å²) >= 11 is 5.93. The SMILES string of the molecule is Cc1nn(-c2ccccc2)c(C)c1CN(C)CC(=O)N[C@H](C)c1ccc(Cl)cc1. The number of rotatable bonds is 7. The zero-order chi connectivity index (χ0) is 21.0. The van der Waals surface area contributed by atoms with Crippen molar-refractivity contribution in [1.29, 1.82) is 0 Å². The number of amides is 1. The Morgan fingerprint density at radius 2 is 1.79 bits per heavy atom. The van der Waals surface area contributed by atoms with E-state index in [1.165, 1.54) is 0 Å². The quantitative estimate of drug-likeness (QED) is 0.626. The molecule has 3 rings (SSSR count). The molecule has 29 heavy (non-hydrogen) atoms. The Bertz CT molecular complexity index is 967. The van der Waals surface area contributed by atoms with E-state index in [9.17, 15) is 4.79 Å². The summed E-state index contributed by atoms with van der Waals surface area (Å²) in [7, 11) is 1.95. The molecule has 1 atom stereocenters. The van der Waals surface area contributed by atoms with Crippen molar-refractivity contribution in [2.75, 3.05) is 13.6 Å². The fraction of sp³-hybridized carbons (Fsp3) is 0.304. The van der Waals surface area contributed by atoms with Crippen molar-refractivity contribution in [3.8, 4) is 5.69 Å². The second-order valence-electron chi connectivity index (χ2n) is 7.41. The van der Waals surface area contributed by atoms with E-state index in [0.717, 1.165) is 28.2 Å². The molecule has 0 bridgehead atoms. The fourth-order valence-electron chi connectivity index (χ4n) is 3.42. The lowest BCUT2D eigenvalue weighted by atomic mass is 10.1. The Morgan fingerprint density at radius 3 is 2.45 bits per heavy atom. The number of nitrogens with zero attached hydrogens (tertiary/aromatic N) is 3. The number of benzene rings is 2. The first-order chi connectivity index (χ1) is 13.8. The van der Waals surface area contributed by atoms with Gasteiger partial charge in [0.05, 0.1) is 24.0 Å². The lowest BCUT2D eigenvalue weighted by Crippen LogP contribution is -2.36. The second kappa shape index (κ2) is 9.25. The van der Waals surface area contributed by atoms with E-state index in [0.29, 0.717) is 18.1 Å². The van der Waals surface area contributed by atoms with Crippen LogP contribution in [0.5, 0.6) is 0 Å². The third-order valence-electron chi connectivity index (χ3n) is 5.03. The van der Waals surface area contributed by atoms with Crippen LogP contribution < -0.4 is 5.32 Å². The molecule has 5 nitrogen and oxygen atoms in total. The van der Waals surface area contributed by atoms with Gasteiger partial charge in [0, 0.05) is 22.8 Å². The van der Waals surface area contributed by atoms with Gasteiger partial charge in [-0.15, -0.1) is 0 Å². The Morgan fingerprint density at radius 1 is 1.14 bits per heavy atom. The maximum Gasteiger partial charge on any atom is 0.234 e. The Kier molecular flexibility index (Phi) is 6.72. The zero-order valence-electron chi connectivity index (χ0n) is 17.3. The maximum absolute atomic E-state index is 12.5. The van der Waals surface area contributed by atoms with Crippen molar-refractivity contribution in [1.82, 2.24) is 20.0 Å². The summed E-state index contributed by atoms with van der Waals surface area (Å²) < 4.78 is 1.96. The monoisotopic (exact) mass is 410 g/mol. The normalized spacial score (nSPS) is 12.2. The molecule has 0 spiro atoms. The zero-order valence-corrected chi connectivity index (χ0v) is 18.1. The molecule has 1 aromatic heterocycles. The largest absolute Gasteiger partial charge is 0.348 e. The molecule has 0 saturated heterocycles. The molecule has 6 heteroatoms. The first-order valence-electron chi connectivity index (χ1n) is 9.69. The van der Waals surface area contributed by atoms with Crippen LogP contribution in [-0.2, 0) is 11.3 Å². The molecule has 152 valence electrons. The van der Waals surface area contributed by atoms with Crippen LogP contribution in [-0.4, -0.2) is 34.2 Å². The number of halogens is 1. The molecule has 1 heterocycles. The summed E-state index contributed by atoms with van der Waals surface area (Å²) in [6.45, 7) is 7.02. The first kappa shape index (κ1) is 21.1. The highest BCUT2D eigenvalue weighted by atomic mass is 35.5. The van der Waals surface area contributed by atoms with E-state index in [1.807, 2.05) is 85.1 Å². The van der Waals surface area contributed by atoms with E-state index >= 15 is 0 Å². The molecule has 0 unspecified atom stereocenters. The number of nitrogens with one attached hydrogen (secondary N) is 1. The molecule has 0 aliphatic rings. The lowest BCUT2D eigenvalue weighted by Gasteiger charge is -2.19. The summed E-state index contributed by atoms with van der Waals surface area (Å²) in [5.41, 5.74) is 5.29. The Balaban J connectivity index is 1.62. The van der Waals surface area contributed by atoms with Gasteiger partial charge in [0.1, 0.15) is 0 Å². The summed E-state index contributed by atoms with van der Waals surface area (Å²) in [4.78, 5) is 14.5. The third kappa shape index (κ3) is 5.25. The lowest BCUT2D eigenvalue weighted by molar-refractivity contribution is -0.122. The van der Waals surface area contributed by atoms with Crippen LogP contribution in [0.15, 0.2) is 54.6 Å². The van der Waals surface area contributed by atoms with Gasteiger partial charge in [0.25, 0.3) is 0 Å². The Hall–Kier alpha value is -2.63. The fourth-order valence-corrected chi connectivity index (χ4v) is 3.54. The molecule has 0 radical (unpaired) electrons. The van der Waals surface area contributed by atoms with Gasteiger partial charge >= 0.3 is 0 Å². The van der Waals surface area contributed by atoms with Gasteiger partial charge in [-0.3, -0.25) is 9.69 Å². The number of likely N-dealkylation sites (N-methyl/N-ethyl adjacent to an activating group) is 1. The van der Waals surface area contributed by atoms with Crippen LogP contribution in [0.3, 0.4) is 0 Å². The standard InChI is InChI=1S/C23H27ClN4O/c1-16(19-10-12-20(24)13-11-19)25-23(29)15-27(4)14-22-17(2)26-28(18(22)3)21-8-6-5-7-9-21/h5-13,16H,14-15H2,1-4H3,(H,25,29)/t16-/m1/s1. The number of carbonyl (C=O) groups excluding carboxylic acids is 1. The van der Waals surface area contributed by atoms with Crippen LogP contribution in [0.4, 0.5) is 0 Å². The molecule has 0 fully saturated rings. The smallest absolute Gasteiger partial charge is 0.234 e. The van der Waals surface area contributed by atoms with Gasteiger partial charge in [-0.25, -0.2) is 4.68 Å². The molecule has 0 saturated carbocycles. The molecule has 0 aliphatic carbocycles. The van der Waals surface area contributed by atoms with Crippen LogP contribution in [0.25, 0.3) is 5.69 Å². The molecular weight excluding hydrogens is 384 g/mol. The molecule has 1 amide bonds. The van der Waals surface area contributed by atoms with Crippen molar-refractivity contribution >= 4 is 17.5 Å². The van der Waals surface area contributed by atoms with Crippen LogP contribution in [0, 0.1) is 13.8 Å². The van der Waals surface area contributed by atoms with Crippen LogP contribution in [0.2, 0.25) is 5.02 Å². The van der Waals surface area contributed by atoms with E-state index < -0.39 is 0 Å². The van der Waals surface area contributed by atoms with Gasteiger partial charge in [-0.05, 0) is 57.6 Å². The topological polar surface area (TPSA) is 50.2 Å². The summed E-state index contributed by atoms with van der Waals surface area (Å²) in [6.07, 6.45) is 0. The number of aromatic nitrogens is 2. The van der Waals surface area contributed by atoms with Crippen LogP contribution >= 0.6 is 11.6 Å².